The molecule has 0 radical (unpaired) electrons. The van der Waals surface area contributed by atoms with Crippen molar-refractivity contribution in [3.05, 3.63) is 126 Å². The van der Waals surface area contributed by atoms with Crippen LogP contribution in [-0.2, 0) is 0 Å². The summed E-state index contributed by atoms with van der Waals surface area (Å²) >= 11 is 0. The number of para-hydroxylation sites is 2. The van der Waals surface area contributed by atoms with E-state index in [-0.39, 0.29) is 0 Å². The lowest BCUT2D eigenvalue weighted by Crippen LogP contribution is -1.99. The second-order valence-electron chi connectivity index (χ2n) is 8.58. The predicted molar refractivity (Wildman–Crippen MR) is 141 cm³/mol. The van der Waals surface area contributed by atoms with E-state index in [1.54, 1.807) is 0 Å². The summed E-state index contributed by atoms with van der Waals surface area (Å²) in [7, 11) is 0. The maximum atomic E-state index is 9.76. The van der Waals surface area contributed by atoms with Gasteiger partial charge in [-0.3, -0.25) is 0 Å². The largest absolute Gasteiger partial charge is 0.309 e. The lowest BCUT2D eigenvalue weighted by molar-refractivity contribution is 1.18. The van der Waals surface area contributed by atoms with E-state index in [1.165, 1.54) is 21.8 Å². The number of hydrogen-bond acceptors (Lipinski definition) is 1. The van der Waals surface area contributed by atoms with Crippen LogP contribution in [0.15, 0.2) is 115 Å². The van der Waals surface area contributed by atoms with Crippen LogP contribution in [0.1, 0.15) is 11.1 Å². The molecule has 5 aromatic carbocycles. The van der Waals surface area contributed by atoms with Crippen LogP contribution in [0.2, 0.25) is 0 Å². The third-order valence-corrected chi connectivity index (χ3v) is 6.59. The van der Waals surface area contributed by atoms with E-state index in [0.717, 1.165) is 33.5 Å². The fraction of sp³-hybridized carbons (Fsp3) is 0.0312. The van der Waals surface area contributed by atoms with Gasteiger partial charge in [0.1, 0.15) is 0 Å². The van der Waals surface area contributed by atoms with Gasteiger partial charge in [0.2, 0.25) is 0 Å². The van der Waals surface area contributed by atoms with E-state index in [1.807, 2.05) is 25.1 Å². The van der Waals surface area contributed by atoms with Crippen molar-refractivity contribution in [2.45, 2.75) is 6.92 Å². The Bertz CT molecular complexity index is 1660. The molecule has 2 heteroatoms. The summed E-state index contributed by atoms with van der Waals surface area (Å²) in [5, 5.41) is 12.2. The minimum atomic E-state index is 0.702. The molecule has 0 unspecified atom stereocenters. The molecule has 0 aliphatic heterocycles. The van der Waals surface area contributed by atoms with Crippen LogP contribution in [0.4, 0.5) is 0 Å². The van der Waals surface area contributed by atoms with Crippen LogP contribution in [0.25, 0.3) is 49.7 Å². The minimum absolute atomic E-state index is 0.702. The van der Waals surface area contributed by atoms with E-state index in [4.69, 9.17) is 0 Å². The van der Waals surface area contributed by atoms with Crippen molar-refractivity contribution < 1.29 is 0 Å². The maximum absolute atomic E-state index is 9.76. The van der Waals surface area contributed by atoms with E-state index in [9.17, 15) is 5.26 Å². The Morgan fingerprint density at radius 3 is 1.94 bits per heavy atom. The Hall–Kier alpha value is -4.61. The zero-order valence-electron chi connectivity index (χ0n) is 18.9. The SMILES string of the molecule is Cc1ccc(-c2c(-c3ccccc3)cccc2-n2c3ccccc3c3ccccc32)cc1C#N. The lowest BCUT2D eigenvalue weighted by atomic mass is 9.91. The van der Waals surface area contributed by atoms with Gasteiger partial charge >= 0.3 is 0 Å². The van der Waals surface area contributed by atoms with Crippen LogP contribution >= 0.6 is 0 Å². The molecule has 0 aliphatic rings. The number of nitrogens with zero attached hydrogens (tertiary/aromatic N) is 2. The van der Waals surface area contributed by atoms with Crippen molar-refractivity contribution in [1.82, 2.24) is 4.57 Å². The van der Waals surface area contributed by atoms with E-state index >= 15 is 0 Å². The Kier molecular flexibility index (Phi) is 4.75. The Morgan fingerprint density at radius 2 is 1.26 bits per heavy atom. The van der Waals surface area contributed by atoms with Crippen molar-refractivity contribution in [2.75, 3.05) is 0 Å². The summed E-state index contributed by atoms with van der Waals surface area (Å²) in [6.07, 6.45) is 0. The van der Waals surface area contributed by atoms with Gasteiger partial charge in [0.25, 0.3) is 0 Å². The highest BCUT2D eigenvalue weighted by atomic mass is 15.0. The van der Waals surface area contributed by atoms with Crippen LogP contribution in [0, 0.1) is 18.3 Å². The normalized spacial score (nSPS) is 11.1. The van der Waals surface area contributed by atoms with Crippen LogP contribution in [-0.4, -0.2) is 4.57 Å². The standard InChI is InChI=1S/C32H22N2/c1-22-18-19-24(20-25(22)21-33)32-26(23-10-3-2-4-11-23)14-9-17-31(32)34-29-15-7-5-12-27(29)28-13-6-8-16-30(28)34/h2-20H,1H3. The molecule has 0 saturated carbocycles. The second-order valence-corrected chi connectivity index (χ2v) is 8.58. The van der Waals surface area contributed by atoms with Gasteiger partial charge in [-0.15, -0.1) is 0 Å². The molecule has 0 saturated heterocycles. The van der Waals surface area contributed by atoms with E-state index in [2.05, 4.69) is 108 Å². The molecule has 0 N–H and O–H groups in total. The van der Waals surface area contributed by atoms with Gasteiger partial charge in [0.15, 0.2) is 0 Å². The van der Waals surface area contributed by atoms with Crippen LogP contribution in [0.3, 0.4) is 0 Å². The first-order chi connectivity index (χ1) is 16.8. The molecule has 0 fully saturated rings. The third-order valence-electron chi connectivity index (χ3n) is 6.59. The average Bonchev–Trinajstić information content (AvgIpc) is 3.23. The number of fused-ring (bicyclic) bond motifs is 3. The highest BCUT2D eigenvalue weighted by Gasteiger charge is 2.19. The lowest BCUT2D eigenvalue weighted by Gasteiger charge is -2.19. The molecule has 1 aromatic heterocycles. The van der Waals surface area contributed by atoms with Crippen molar-refractivity contribution in [3.63, 3.8) is 0 Å². The van der Waals surface area contributed by atoms with Crippen LogP contribution in [0.5, 0.6) is 0 Å². The number of aryl methyl sites for hydroxylation is 1. The topological polar surface area (TPSA) is 28.7 Å². The van der Waals surface area contributed by atoms with Crippen molar-refractivity contribution >= 4 is 21.8 Å². The molecule has 34 heavy (non-hydrogen) atoms. The first kappa shape index (κ1) is 20.0. The van der Waals surface area contributed by atoms with Crippen molar-refractivity contribution in [3.8, 4) is 34.0 Å². The molecular weight excluding hydrogens is 412 g/mol. The molecule has 0 aliphatic carbocycles. The summed E-state index contributed by atoms with van der Waals surface area (Å²) < 4.78 is 2.36. The molecule has 0 atom stereocenters. The number of aromatic nitrogens is 1. The van der Waals surface area contributed by atoms with Crippen molar-refractivity contribution in [1.29, 1.82) is 5.26 Å². The average molecular weight is 435 g/mol. The van der Waals surface area contributed by atoms with Gasteiger partial charge in [-0.25, -0.2) is 0 Å². The van der Waals surface area contributed by atoms with Gasteiger partial charge in [-0.2, -0.15) is 5.26 Å². The van der Waals surface area contributed by atoms with Gasteiger partial charge in [-0.1, -0.05) is 91.0 Å². The van der Waals surface area contributed by atoms with Crippen molar-refractivity contribution in [2.24, 2.45) is 0 Å². The summed E-state index contributed by atoms with van der Waals surface area (Å²) in [5.74, 6) is 0. The highest BCUT2D eigenvalue weighted by Crippen LogP contribution is 2.41. The molecule has 0 bridgehead atoms. The molecule has 0 spiro atoms. The summed E-state index contributed by atoms with van der Waals surface area (Å²) in [5.41, 5.74) is 9.59. The summed E-state index contributed by atoms with van der Waals surface area (Å²) in [4.78, 5) is 0. The monoisotopic (exact) mass is 434 g/mol. The second kappa shape index (κ2) is 8.06. The van der Waals surface area contributed by atoms with E-state index < -0.39 is 0 Å². The first-order valence-corrected chi connectivity index (χ1v) is 11.4. The third kappa shape index (κ3) is 3.10. The van der Waals surface area contributed by atoms with Gasteiger partial charge in [-0.05, 0) is 53.4 Å². The molecule has 6 aromatic rings. The Labute approximate surface area is 199 Å². The zero-order valence-corrected chi connectivity index (χ0v) is 18.9. The van der Waals surface area contributed by atoms with Gasteiger partial charge < -0.3 is 4.57 Å². The summed E-state index contributed by atoms with van der Waals surface area (Å²) in [6.45, 7) is 1.99. The van der Waals surface area contributed by atoms with Crippen LogP contribution < -0.4 is 0 Å². The number of hydrogen-bond donors (Lipinski definition) is 0. The molecule has 0 amide bonds. The Balaban J connectivity index is 1.77. The molecule has 1 heterocycles. The smallest absolute Gasteiger partial charge is 0.0994 e. The fourth-order valence-electron chi connectivity index (χ4n) is 4.97. The fourth-order valence-corrected chi connectivity index (χ4v) is 4.97. The minimum Gasteiger partial charge on any atom is -0.309 e. The van der Waals surface area contributed by atoms with Gasteiger partial charge in [0, 0.05) is 16.3 Å². The number of nitriles is 1. The Morgan fingerprint density at radius 1 is 0.618 bits per heavy atom. The predicted octanol–water partition coefficient (Wildman–Crippen LogP) is 8.30. The summed E-state index contributed by atoms with van der Waals surface area (Å²) in [6, 6.07) is 42.7. The first-order valence-electron chi connectivity index (χ1n) is 11.4. The number of benzene rings is 5. The quantitative estimate of drug-likeness (QED) is 0.275. The molecule has 160 valence electrons. The van der Waals surface area contributed by atoms with E-state index in [0.29, 0.717) is 5.56 Å². The molecular formula is C32H22N2. The van der Waals surface area contributed by atoms with Gasteiger partial charge in [0.05, 0.1) is 28.4 Å². The highest BCUT2D eigenvalue weighted by molar-refractivity contribution is 6.10. The number of rotatable bonds is 3. The maximum Gasteiger partial charge on any atom is 0.0994 e. The molecule has 2 nitrogen and oxygen atoms in total. The molecule has 6 rings (SSSR count). The zero-order chi connectivity index (χ0) is 23.1.